The van der Waals surface area contributed by atoms with Gasteiger partial charge in [-0.25, -0.2) is 29.9 Å². The van der Waals surface area contributed by atoms with Crippen molar-refractivity contribution in [3.63, 3.8) is 0 Å². The van der Waals surface area contributed by atoms with Gasteiger partial charge in [-0.05, 0) is 71.8 Å². The van der Waals surface area contributed by atoms with Gasteiger partial charge in [0.1, 0.15) is 28.7 Å². The number of aromatic amines is 1. The van der Waals surface area contributed by atoms with Gasteiger partial charge in [-0.2, -0.15) is 42.1 Å². The fraction of sp³-hybridized carbons (Fsp3) is 0. The second-order valence-electron chi connectivity index (χ2n) is 18.4. The minimum atomic E-state index is 0.0874. The standard InChI is InChI=1S/C64H26N16/c65-26-34-13-17-42(38(21-34)30-69)51-25-52-56(55(44-19-15-36(28-67)23-40(44)32-71)54(51)43-18-14-35(27-66)22-39(43)31-70)62-76-58-46-8-2-4-10-48(46)60(74-58)79-64-50-12-6-5-11-49(50)63(80(64)53-20-16-37(29-68)24-41(53)33-72)78-59-47-9-3-1-7-45(47)57(73-59)75-61(52)77-62/h1-25H,(H,73,74,75,76,77,78,79). The molecule has 0 aliphatic carbocycles. The summed E-state index contributed by atoms with van der Waals surface area (Å²) in [6.07, 6.45) is 0. The summed E-state index contributed by atoms with van der Waals surface area (Å²) < 4.78 is 1.78. The molecule has 5 heterocycles. The van der Waals surface area contributed by atoms with Crippen LogP contribution in [-0.4, -0.2) is 39.5 Å². The fourth-order valence-corrected chi connectivity index (χ4v) is 10.6. The maximum atomic E-state index is 11.0. The summed E-state index contributed by atoms with van der Waals surface area (Å²) in [7, 11) is 0. The number of nitrogens with zero attached hydrogens (tertiary/aromatic N) is 15. The molecular formula is C64H26N16. The summed E-state index contributed by atoms with van der Waals surface area (Å²) in [6.45, 7) is 0. The number of rotatable bonds is 4. The highest BCUT2D eigenvalue weighted by molar-refractivity contribution is 6.20. The molecule has 80 heavy (non-hydrogen) atoms. The predicted molar refractivity (Wildman–Crippen MR) is 295 cm³/mol. The van der Waals surface area contributed by atoms with E-state index in [-0.39, 0.29) is 79.1 Å². The van der Waals surface area contributed by atoms with Crippen LogP contribution in [0, 0.1) is 90.6 Å². The van der Waals surface area contributed by atoms with Crippen molar-refractivity contribution >= 4 is 44.1 Å². The van der Waals surface area contributed by atoms with Crippen LogP contribution < -0.4 is 0 Å². The number of fused-ring (bicyclic) bond motifs is 20. The zero-order chi connectivity index (χ0) is 54.8. The van der Waals surface area contributed by atoms with Gasteiger partial charge in [0.15, 0.2) is 23.3 Å². The van der Waals surface area contributed by atoms with Crippen LogP contribution in [-0.2, 0) is 0 Å². The minimum Gasteiger partial charge on any atom is -0.324 e. The fourth-order valence-electron chi connectivity index (χ4n) is 10.6. The molecule has 1 N–H and O–H groups in total. The number of nitriles is 8. The molecule has 16 heteroatoms. The lowest BCUT2D eigenvalue weighted by Crippen LogP contribution is -2.01. The van der Waals surface area contributed by atoms with Gasteiger partial charge < -0.3 is 4.98 Å². The SMILES string of the molecule is N#Cc1ccc(-c2cc3c4nc5nc(nc6c7ccccc7c(nc7nc(nc([nH]4)c3c(-c3ccc(C#N)cc3C#N)c2-c2ccc(C#N)cc2C#N)-c2ccccc2-7)n6-c2ccc(C#N)cc2C#N)-c2ccccc2-5)c(C#N)c1. The van der Waals surface area contributed by atoms with Crippen LogP contribution in [0.3, 0.4) is 0 Å². The van der Waals surface area contributed by atoms with Gasteiger partial charge in [0.2, 0.25) is 0 Å². The van der Waals surface area contributed by atoms with Crippen LogP contribution >= 0.6 is 0 Å². The van der Waals surface area contributed by atoms with E-state index in [0.717, 1.165) is 0 Å². The van der Waals surface area contributed by atoms with Crippen molar-refractivity contribution in [2.75, 3.05) is 0 Å². The van der Waals surface area contributed by atoms with Crippen molar-refractivity contribution in [1.82, 2.24) is 39.5 Å². The van der Waals surface area contributed by atoms with Crippen molar-refractivity contribution in [3.05, 3.63) is 196 Å². The smallest absolute Gasteiger partial charge is 0.164 e. The quantitative estimate of drug-likeness (QED) is 0.171. The lowest BCUT2D eigenvalue weighted by molar-refractivity contribution is 1.08. The lowest BCUT2D eigenvalue weighted by atomic mass is 9.81. The topological polar surface area (TPSA) is 288 Å². The molecule has 0 amide bonds. The zero-order valence-electron chi connectivity index (χ0n) is 41.1. The van der Waals surface area contributed by atoms with Crippen molar-refractivity contribution in [2.45, 2.75) is 0 Å². The first-order chi connectivity index (χ1) is 39.3. The highest BCUT2D eigenvalue weighted by Crippen LogP contribution is 2.50. The van der Waals surface area contributed by atoms with Gasteiger partial charge in [0, 0.05) is 66.1 Å². The number of hydrogen-bond donors (Lipinski definition) is 1. The van der Waals surface area contributed by atoms with E-state index in [1.165, 1.54) is 24.3 Å². The van der Waals surface area contributed by atoms with Crippen LogP contribution in [0.15, 0.2) is 152 Å². The maximum absolute atomic E-state index is 11.0. The number of hydrogen-bond acceptors (Lipinski definition) is 14. The Kier molecular flexibility index (Phi) is 10.8. The molecule has 11 aromatic rings. The third kappa shape index (κ3) is 7.23. The number of H-pyrrole nitrogens is 1. The average molecular weight is 1020 g/mol. The predicted octanol–water partition coefficient (Wildman–Crippen LogP) is 12.3. The second-order valence-corrected chi connectivity index (χ2v) is 18.4. The molecule has 0 saturated carbocycles. The molecule has 362 valence electrons. The van der Waals surface area contributed by atoms with Gasteiger partial charge in [-0.1, -0.05) is 91.0 Å². The van der Waals surface area contributed by atoms with Crippen molar-refractivity contribution in [2.24, 2.45) is 0 Å². The first-order valence-corrected chi connectivity index (χ1v) is 24.4. The summed E-state index contributed by atoms with van der Waals surface area (Å²) in [5, 5.41) is 85.8. The largest absolute Gasteiger partial charge is 0.324 e. The summed E-state index contributed by atoms with van der Waals surface area (Å²) in [6, 6.07) is 60.8. The molecule has 0 unspecified atom stereocenters. The Morgan fingerprint density at radius 2 is 0.713 bits per heavy atom. The molecule has 13 rings (SSSR count). The van der Waals surface area contributed by atoms with Crippen molar-refractivity contribution in [3.8, 4) is 133 Å². The van der Waals surface area contributed by atoms with Gasteiger partial charge in [0.25, 0.3) is 0 Å². The molecule has 8 bridgehead atoms. The average Bonchev–Trinajstić information content (AvgIpc) is 4.34. The summed E-state index contributed by atoms with van der Waals surface area (Å²) >= 11 is 0. The molecule has 0 atom stereocenters. The third-order valence-corrected chi connectivity index (χ3v) is 14.1. The summed E-state index contributed by atoms with van der Waals surface area (Å²) in [4.78, 5) is 35.3. The van der Waals surface area contributed by atoms with Crippen LogP contribution in [0.4, 0.5) is 0 Å². The molecule has 16 nitrogen and oxygen atoms in total. The highest BCUT2D eigenvalue weighted by atomic mass is 15.1. The first kappa shape index (κ1) is 46.8. The van der Waals surface area contributed by atoms with Crippen molar-refractivity contribution in [1.29, 1.82) is 42.1 Å². The lowest BCUT2D eigenvalue weighted by Gasteiger charge is -2.20. The van der Waals surface area contributed by atoms with Gasteiger partial charge in [0.05, 0.1) is 92.7 Å². The Balaban J connectivity index is 1.30. The van der Waals surface area contributed by atoms with E-state index in [4.69, 9.17) is 29.9 Å². The molecule has 2 aliphatic heterocycles. The van der Waals surface area contributed by atoms with Gasteiger partial charge >= 0.3 is 0 Å². The van der Waals surface area contributed by atoms with Crippen LogP contribution in [0.25, 0.3) is 129 Å². The minimum absolute atomic E-state index is 0.0874. The van der Waals surface area contributed by atoms with E-state index in [0.29, 0.717) is 94.2 Å². The molecule has 0 fully saturated rings. The Labute approximate surface area is 453 Å². The molecule has 0 saturated heterocycles. The second kappa shape index (κ2) is 18.5. The zero-order valence-corrected chi connectivity index (χ0v) is 41.1. The Bertz CT molecular complexity index is 5200. The summed E-state index contributed by atoms with van der Waals surface area (Å²) in [5.41, 5.74) is 7.49. The summed E-state index contributed by atoms with van der Waals surface area (Å²) in [5.74, 6) is 0.992. The van der Waals surface area contributed by atoms with E-state index in [9.17, 15) is 42.1 Å². The Hall–Kier alpha value is -13.0. The third-order valence-electron chi connectivity index (χ3n) is 14.1. The van der Waals surface area contributed by atoms with E-state index in [2.05, 4.69) is 53.5 Å². The van der Waals surface area contributed by atoms with Gasteiger partial charge in [-0.3, -0.25) is 4.57 Å². The van der Waals surface area contributed by atoms with Crippen molar-refractivity contribution < 1.29 is 0 Å². The highest BCUT2D eigenvalue weighted by Gasteiger charge is 2.29. The van der Waals surface area contributed by atoms with E-state index in [1.54, 1.807) is 53.1 Å². The van der Waals surface area contributed by atoms with E-state index >= 15 is 0 Å². The number of benzene rings is 8. The molecule has 2 aliphatic rings. The van der Waals surface area contributed by atoms with Crippen LogP contribution in [0.2, 0.25) is 0 Å². The molecule has 0 radical (unpaired) electrons. The van der Waals surface area contributed by atoms with E-state index < -0.39 is 0 Å². The molecular weight excluding hydrogens is 993 g/mol. The Morgan fingerprint density at radius 3 is 1.19 bits per heavy atom. The molecule has 0 spiro atoms. The van der Waals surface area contributed by atoms with Crippen LogP contribution in [0.1, 0.15) is 44.5 Å². The van der Waals surface area contributed by atoms with E-state index in [1.807, 2.05) is 78.9 Å². The van der Waals surface area contributed by atoms with Crippen LogP contribution in [0.5, 0.6) is 0 Å². The maximum Gasteiger partial charge on any atom is 0.164 e. The normalized spacial score (nSPS) is 10.9. The monoisotopic (exact) mass is 1020 g/mol. The number of aromatic nitrogens is 8. The first-order valence-electron chi connectivity index (χ1n) is 24.4. The number of nitrogens with one attached hydrogen (secondary N) is 1. The van der Waals surface area contributed by atoms with Gasteiger partial charge in [-0.15, -0.1) is 0 Å². The molecule has 8 aromatic carbocycles. The Morgan fingerprint density at radius 1 is 0.312 bits per heavy atom. The molecule has 3 aromatic heterocycles.